The number of nitrogens with one attached hydrogen (secondary N) is 3. The van der Waals surface area contributed by atoms with Crippen LogP contribution in [-0.2, 0) is 12.7 Å². The first-order valence-corrected chi connectivity index (χ1v) is 9.85. The van der Waals surface area contributed by atoms with Gasteiger partial charge in [-0.1, -0.05) is 6.07 Å². The van der Waals surface area contributed by atoms with Gasteiger partial charge in [0.25, 0.3) is 0 Å². The number of imidazole rings is 1. The lowest BCUT2D eigenvalue weighted by molar-refractivity contribution is -0.137. The van der Waals surface area contributed by atoms with E-state index in [1.165, 1.54) is 18.3 Å². The fourth-order valence-corrected chi connectivity index (χ4v) is 2.96. The summed E-state index contributed by atoms with van der Waals surface area (Å²) in [6, 6.07) is 4.79. The van der Waals surface area contributed by atoms with E-state index in [0.717, 1.165) is 12.1 Å². The predicted molar refractivity (Wildman–Crippen MR) is 114 cm³/mol. The van der Waals surface area contributed by atoms with E-state index in [2.05, 4.69) is 30.9 Å². The molecule has 32 heavy (non-hydrogen) atoms. The summed E-state index contributed by atoms with van der Waals surface area (Å²) in [5.74, 6) is 0.650. The van der Waals surface area contributed by atoms with Crippen LogP contribution in [0.25, 0.3) is 11.2 Å². The lowest BCUT2D eigenvalue weighted by Crippen LogP contribution is -2.27. The van der Waals surface area contributed by atoms with Crippen LogP contribution < -0.4 is 16.0 Å². The van der Waals surface area contributed by atoms with Gasteiger partial charge in [-0.25, -0.2) is 14.8 Å². The van der Waals surface area contributed by atoms with Crippen LogP contribution in [0.2, 0.25) is 0 Å². The molecule has 0 unspecified atom stereocenters. The van der Waals surface area contributed by atoms with Crippen molar-refractivity contribution in [1.82, 2.24) is 24.8 Å². The Bertz CT molecular complexity index is 1110. The third-order valence-corrected chi connectivity index (χ3v) is 4.26. The highest BCUT2D eigenvalue weighted by atomic mass is 19.4. The van der Waals surface area contributed by atoms with Crippen molar-refractivity contribution in [2.45, 2.75) is 45.5 Å². The first kappa shape index (κ1) is 23.1. The van der Waals surface area contributed by atoms with Crippen molar-refractivity contribution in [2.24, 2.45) is 0 Å². The largest absolute Gasteiger partial charge is 0.465 e. The number of carbonyl (C=O) groups is 1. The third-order valence-electron chi connectivity index (χ3n) is 4.26. The topological polar surface area (TPSA) is 117 Å². The van der Waals surface area contributed by atoms with E-state index in [0.29, 0.717) is 30.1 Å². The van der Waals surface area contributed by atoms with Crippen molar-refractivity contribution >= 4 is 34.8 Å². The molecule has 0 saturated heterocycles. The summed E-state index contributed by atoms with van der Waals surface area (Å²) in [6.07, 6.45) is -3.66. The zero-order valence-electron chi connectivity index (χ0n) is 17.8. The summed E-state index contributed by atoms with van der Waals surface area (Å²) < 4.78 is 40.9. The Morgan fingerprint density at radius 3 is 2.59 bits per heavy atom. The normalized spacial score (nSPS) is 12.1. The fraction of sp³-hybridized carbons (Fsp3) is 0.400. The van der Waals surface area contributed by atoms with Crippen molar-refractivity contribution in [2.75, 3.05) is 17.2 Å². The van der Waals surface area contributed by atoms with Crippen molar-refractivity contribution in [3.63, 3.8) is 0 Å². The zero-order valence-corrected chi connectivity index (χ0v) is 17.8. The minimum atomic E-state index is -4.47. The summed E-state index contributed by atoms with van der Waals surface area (Å²) in [6.45, 7) is 6.38. The van der Waals surface area contributed by atoms with E-state index in [1.54, 1.807) is 4.57 Å². The Morgan fingerprint density at radius 1 is 1.19 bits per heavy atom. The van der Waals surface area contributed by atoms with Gasteiger partial charge in [0, 0.05) is 24.3 Å². The molecule has 0 atom stereocenters. The van der Waals surface area contributed by atoms with Crippen molar-refractivity contribution in [3.05, 3.63) is 36.0 Å². The number of amides is 1. The lowest BCUT2D eigenvalue weighted by atomic mass is 10.1. The highest BCUT2D eigenvalue weighted by Gasteiger charge is 2.30. The first-order valence-electron chi connectivity index (χ1n) is 9.85. The molecule has 0 spiro atoms. The average molecular weight is 451 g/mol. The van der Waals surface area contributed by atoms with E-state index in [-0.39, 0.29) is 23.7 Å². The zero-order chi connectivity index (χ0) is 23.5. The van der Waals surface area contributed by atoms with Crippen molar-refractivity contribution in [1.29, 1.82) is 0 Å². The van der Waals surface area contributed by atoms with E-state index in [4.69, 9.17) is 5.11 Å². The average Bonchev–Trinajstić information content (AvgIpc) is 3.00. The Hall–Kier alpha value is -3.57. The maximum atomic E-state index is 13.1. The lowest BCUT2D eigenvalue weighted by Gasteiger charge is -2.20. The highest BCUT2D eigenvalue weighted by Crippen LogP contribution is 2.32. The van der Waals surface area contributed by atoms with Crippen LogP contribution in [0.15, 0.2) is 30.5 Å². The molecule has 3 aromatic rings. The van der Waals surface area contributed by atoms with Gasteiger partial charge >= 0.3 is 12.3 Å². The second kappa shape index (κ2) is 8.89. The van der Waals surface area contributed by atoms with Gasteiger partial charge < -0.3 is 21.1 Å². The molecular formula is C20H24F3N7O2. The third kappa shape index (κ3) is 5.99. The quantitative estimate of drug-likeness (QED) is 0.392. The molecule has 0 saturated carbocycles. The van der Waals surface area contributed by atoms with Crippen LogP contribution in [0, 0.1) is 0 Å². The SMILES string of the molecule is CC(C)(C)Nc1ncc2nc(Nc3cccc(C(F)(F)F)c3)n(CCCNC(=O)O)c2n1. The number of alkyl halides is 3. The summed E-state index contributed by atoms with van der Waals surface area (Å²) in [5, 5.41) is 17.1. The highest BCUT2D eigenvalue weighted by molar-refractivity contribution is 5.76. The summed E-state index contributed by atoms with van der Waals surface area (Å²) in [4.78, 5) is 23.9. The maximum absolute atomic E-state index is 13.1. The Kier molecular flexibility index (Phi) is 6.42. The molecule has 0 aliphatic heterocycles. The van der Waals surface area contributed by atoms with E-state index < -0.39 is 17.8 Å². The summed E-state index contributed by atoms with van der Waals surface area (Å²) in [7, 11) is 0. The molecule has 12 heteroatoms. The number of anilines is 3. The van der Waals surface area contributed by atoms with Crippen LogP contribution in [0.1, 0.15) is 32.8 Å². The van der Waals surface area contributed by atoms with Gasteiger partial charge in [0.05, 0.1) is 11.8 Å². The van der Waals surface area contributed by atoms with Crippen LogP contribution in [-0.4, -0.2) is 42.8 Å². The van der Waals surface area contributed by atoms with Crippen LogP contribution >= 0.6 is 0 Å². The number of aromatic nitrogens is 4. The summed E-state index contributed by atoms with van der Waals surface area (Å²) in [5.41, 5.74) is 0.0539. The second-order valence-corrected chi connectivity index (χ2v) is 8.15. The molecule has 4 N–H and O–H groups in total. The number of fused-ring (bicyclic) bond motifs is 1. The standard InChI is InChI=1S/C20H24F3N7O2/c1-19(2,3)29-16-25-11-14-15(28-16)30(9-5-8-24-18(31)32)17(27-14)26-13-7-4-6-12(10-13)20(21,22)23/h4,6-7,10-11,24H,5,8-9H2,1-3H3,(H,26,27)(H,31,32)(H,25,28,29). The Labute approximate surface area is 182 Å². The molecule has 0 radical (unpaired) electrons. The number of nitrogens with zero attached hydrogens (tertiary/aromatic N) is 4. The number of benzene rings is 1. The number of hydrogen-bond acceptors (Lipinski definition) is 6. The molecule has 0 aliphatic rings. The minimum Gasteiger partial charge on any atom is -0.465 e. The van der Waals surface area contributed by atoms with Gasteiger partial charge in [-0.3, -0.25) is 4.57 Å². The molecular weight excluding hydrogens is 427 g/mol. The number of hydrogen-bond donors (Lipinski definition) is 4. The molecule has 172 valence electrons. The van der Waals surface area contributed by atoms with E-state index in [9.17, 15) is 18.0 Å². The molecule has 1 aromatic carbocycles. The van der Waals surface area contributed by atoms with Crippen LogP contribution in [0.5, 0.6) is 0 Å². The molecule has 0 bridgehead atoms. The Balaban J connectivity index is 1.96. The van der Waals surface area contributed by atoms with Gasteiger partial charge in [-0.05, 0) is 45.4 Å². The minimum absolute atomic E-state index is 0.191. The molecule has 2 aromatic heterocycles. The number of carboxylic acid groups (broad SMARTS) is 1. The number of halogens is 3. The van der Waals surface area contributed by atoms with E-state index >= 15 is 0 Å². The van der Waals surface area contributed by atoms with Gasteiger partial charge in [0.1, 0.15) is 5.52 Å². The van der Waals surface area contributed by atoms with Gasteiger partial charge in [0.15, 0.2) is 5.65 Å². The van der Waals surface area contributed by atoms with Crippen LogP contribution in [0.4, 0.5) is 35.5 Å². The first-order chi connectivity index (χ1) is 14.9. The second-order valence-electron chi connectivity index (χ2n) is 8.15. The smallest absolute Gasteiger partial charge is 0.416 e. The van der Waals surface area contributed by atoms with E-state index in [1.807, 2.05) is 20.8 Å². The van der Waals surface area contributed by atoms with Gasteiger partial charge in [0.2, 0.25) is 11.9 Å². The number of aryl methyl sites for hydroxylation is 1. The monoisotopic (exact) mass is 451 g/mol. The number of rotatable bonds is 7. The molecule has 3 rings (SSSR count). The molecule has 2 heterocycles. The van der Waals surface area contributed by atoms with Crippen molar-refractivity contribution in [3.8, 4) is 0 Å². The maximum Gasteiger partial charge on any atom is 0.416 e. The molecule has 1 amide bonds. The molecule has 9 nitrogen and oxygen atoms in total. The predicted octanol–water partition coefficient (Wildman–Crippen LogP) is 4.46. The van der Waals surface area contributed by atoms with Crippen LogP contribution in [0.3, 0.4) is 0 Å². The fourth-order valence-electron chi connectivity index (χ4n) is 2.96. The van der Waals surface area contributed by atoms with Crippen molar-refractivity contribution < 1.29 is 23.1 Å². The van der Waals surface area contributed by atoms with Gasteiger partial charge in [-0.2, -0.15) is 18.2 Å². The summed E-state index contributed by atoms with van der Waals surface area (Å²) >= 11 is 0. The van der Waals surface area contributed by atoms with Gasteiger partial charge in [-0.15, -0.1) is 0 Å². The molecule has 0 fully saturated rings. The Morgan fingerprint density at radius 2 is 1.94 bits per heavy atom. The molecule has 0 aliphatic carbocycles.